The van der Waals surface area contributed by atoms with Gasteiger partial charge in [-0.25, -0.2) is 9.82 Å². The average molecular weight is 240 g/mol. The zero-order valence-corrected chi connectivity index (χ0v) is 9.00. The molecule has 17 heavy (non-hydrogen) atoms. The second kappa shape index (κ2) is 4.12. The first-order valence-electron chi connectivity index (χ1n) is 5.04. The Morgan fingerprint density at radius 3 is 2.76 bits per heavy atom. The van der Waals surface area contributed by atoms with E-state index < -0.39 is 17.4 Å². The van der Waals surface area contributed by atoms with Crippen LogP contribution in [0.5, 0.6) is 5.75 Å². The summed E-state index contributed by atoms with van der Waals surface area (Å²) in [4.78, 5) is 11.0. The number of phenols is 1. The van der Waals surface area contributed by atoms with Crippen LogP contribution in [-0.2, 0) is 4.79 Å². The van der Waals surface area contributed by atoms with E-state index in [1.165, 1.54) is 6.07 Å². The number of rotatable bonds is 1. The molecule has 0 saturated heterocycles. The Balaban J connectivity index is 2.48. The van der Waals surface area contributed by atoms with Gasteiger partial charge in [-0.3, -0.25) is 4.79 Å². The van der Waals surface area contributed by atoms with Crippen LogP contribution in [0.1, 0.15) is 18.9 Å². The summed E-state index contributed by atoms with van der Waals surface area (Å²) in [6, 6.07) is 2.29. The van der Waals surface area contributed by atoms with Crippen LogP contribution in [0.3, 0.4) is 0 Å². The van der Waals surface area contributed by atoms with Crippen molar-refractivity contribution in [2.75, 3.05) is 0 Å². The van der Waals surface area contributed by atoms with Crippen molar-refractivity contribution < 1.29 is 18.7 Å². The van der Waals surface area contributed by atoms with Crippen molar-refractivity contribution in [3.05, 3.63) is 29.3 Å². The number of benzene rings is 1. The fraction of sp³-hybridized carbons (Fsp3) is 0.273. The number of halogens is 2. The van der Waals surface area contributed by atoms with Gasteiger partial charge >= 0.3 is 0 Å². The smallest absolute Gasteiger partial charge is 0.240 e. The molecular weight excluding hydrogens is 230 g/mol. The van der Waals surface area contributed by atoms with E-state index in [0.29, 0.717) is 0 Å². The van der Waals surface area contributed by atoms with Gasteiger partial charge in [-0.05, 0) is 12.1 Å². The van der Waals surface area contributed by atoms with E-state index in [9.17, 15) is 13.6 Å². The lowest BCUT2D eigenvalue weighted by Crippen LogP contribution is -2.32. The molecule has 6 heteroatoms. The number of nitrogens with one attached hydrogen (secondary N) is 1. The molecule has 0 radical (unpaired) electrons. The lowest BCUT2D eigenvalue weighted by atomic mass is 9.93. The Labute approximate surface area is 96.0 Å². The number of carbonyl (C=O) groups excluding carboxylic acids is 1. The van der Waals surface area contributed by atoms with Crippen LogP contribution < -0.4 is 5.43 Å². The number of aromatic hydroxyl groups is 1. The summed E-state index contributed by atoms with van der Waals surface area (Å²) in [5.41, 5.74) is 2.44. The van der Waals surface area contributed by atoms with Crippen LogP contribution >= 0.6 is 0 Å². The van der Waals surface area contributed by atoms with E-state index in [1.54, 1.807) is 6.92 Å². The highest BCUT2D eigenvalue weighted by Gasteiger charge is 2.25. The largest absolute Gasteiger partial charge is 0.505 e. The van der Waals surface area contributed by atoms with Crippen LogP contribution in [0.15, 0.2) is 17.2 Å². The minimum Gasteiger partial charge on any atom is -0.505 e. The topological polar surface area (TPSA) is 61.7 Å². The first-order valence-corrected chi connectivity index (χ1v) is 5.04. The second-order valence-electron chi connectivity index (χ2n) is 3.90. The molecule has 0 saturated carbocycles. The molecular formula is C11H10F2N2O2. The normalized spacial score (nSPS) is 19.8. The quantitative estimate of drug-likeness (QED) is 0.782. The van der Waals surface area contributed by atoms with Crippen LogP contribution in [0.25, 0.3) is 0 Å². The predicted octanol–water partition coefficient (Wildman–Crippen LogP) is 1.53. The molecule has 1 unspecified atom stereocenters. The molecule has 1 atom stereocenters. The van der Waals surface area contributed by atoms with Gasteiger partial charge in [0.1, 0.15) is 0 Å². The minimum atomic E-state index is -1.31. The Morgan fingerprint density at radius 2 is 2.12 bits per heavy atom. The number of nitrogens with zero attached hydrogens (tertiary/aromatic N) is 1. The van der Waals surface area contributed by atoms with Crippen molar-refractivity contribution >= 4 is 11.6 Å². The van der Waals surface area contributed by atoms with Gasteiger partial charge in [0, 0.05) is 17.9 Å². The van der Waals surface area contributed by atoms with Crippen LogP contribution in [0, 0.1) is 17.6 Å². The average Bonchev–Trinajstić information content (AvgIpc) is 2.28. The minimum absolute atomic E-state index is 0.0483. The summed E-state index contributed by atoms with van der Waals surface area (Å²) in [5, 5.41) is 12.7. The van der Waals surface area contributed by atoms with Crippen molar-refractivity contribution in [1.82, 2.24) is 5.43 Å². The maximum absolute atomic E-state index is 13.6. The third-order valence-electron chi connectivity index (χ3n) is 2.60. The SMILES string of the molecule is CC1CC(=O)NN=C1c1ccc(O)c(F)c1F. The molecule has 1 aromatic rings. The lowest BCUT2D eigenvalue weighted by molar-refractivity contribution is -0.121. The van der Waals surface area contributed by atoms with Gasteiger partial charge in [0.05, 0.1) is 5.71 Å². The molecule has 0 fully saturated rings. The molecule has 0 aliphatic carbocycles. The van der Waals surface area contributed by atoms with E-state index in [2.05, 4.69) is 10.5 Å². The molecule has 2 N–H and O–H groups in total. The van der Waals surface area contributed by atoms with Crippen molar-refractivity contribution in [2.24, 2.45) is 11.0 Å². The van der Waals surface area contributed by atoms with Crippen molar-refractivity contribution in [3.63, 3.8) is 0 Å². The number of phenolic OH excluding ortho intramolecular Hbond substituents is 1. The van der Waals surface area contributed by atoms with Crippen LogP contribution in [0.2, 0.25) is 0 Å². The standard InChI is InChI=1S/C11H10F2N2O2/c1-5-4-8(17)14-15-11(5)6-2-3-7(16)10(13)9(6)12/h2-3,5,16H,4H2,1H3,(H,14,17). The molecule has 1 aliphatic heterocycles. The third-order valence-corrected chi connectivity index (χ3v) is 2.60. The van der Waals surface area contributed by atoms with E-state index in [4.69, 9.17) is 5.11 Å². The molecule has 0 spiro atoms. The Hall–Kier alpha value is -1.98. The number of hydrazone groups is 1. The number of carbonyl (C=O) groups is 1. The molecule has 1 amide bonds. The summed E-state index contributed by atoms with van der Waals surface area (Å²) >= 11 is 0. The van der Waals surface area contributed by atoms with E-state index in [0.717, 1.165) is 6.07 Å². The van der Waals surface area contributed by atoms with E-state index >= 15 is 0 Å². The lowest BCUT2D eigenvalue weighted by Gasteiger charge is -2.19. The molecule has 90 valence electrons. The number of hydrogen-bond donors (Lipinski definition) is 2. The van der Waals surface area contributed by atoms with Gasteiger partial charge in [0.15, 0.2) is 11.6 Å². The van der Waals surface area contributed by atoms with Gasteiger partial charge in [-0.2, -0.15) is 9.49 Å². The summed E-state index contributed by atoms with van der Waals surface area (Å²) < 4.78 is 26.8. The number of hydrogen-bond acceptors (Lipinski definition) is 3. The molecule has 0 aromatic heterocycles. The first kappa shape index (κ1) is 11.5. The Morgan fingerprint density at radius 1 is 1.41 bits per heavy atom. The zero-order valence-electron chi connectivity index (χ0n) is 9.00. The van der Waals surface area contributed by atoms with E-state index in [1.807, 2.05) is 0 Å². The third kappa shape index (κ3) is 1.98. The molecule has 1 aliphatic rings. The van der Waals surface area contributed by atoms with E-state index in [-0.39, 0.29) is 29.5 Å². The first-order chi connectivity index (χ1) is 8.00. The van der Waals surface area contributed by atoms with Gasteiger partial charge in [0.25, 0.3) is 0 Å². The maximum Gasteiger partial charge on any atom is 0.240 e. The molecule has 1 aromatic carbocycles. The predicted molar refractivity (Wildman–Crippen MR) is 56.5 cm³/mol. The van der Waals surface area contributed by atoms with Gasteiger partial charge in [-0.1, -0.05) is 6.92 Å². The summed E-state index contributed by atoms with van der Waals surface area (Å²) in [5.74, 6) is -3.79. The zero-order chi connectivity index (χ0) is 12.6. The molecule has 2 rings (SSSR count). The van der Waals surface area contributed by atoms with Gasteiger partial charge in [-0.15, -0.1) is 0 Å². The van der Waals surface area contributed by atoms with Crippen LogP contribution in [-0.4, -0.2) is 16.7 Å². The molecule has 0 bridgehead atoms. The van der Waals surface area contributed by atoms with Crippen molar-refractivity contribution in [1.29, 1.82) is 0 Å². The summed E-state index contributed by atoms with van der Waals surface area (Å²) in [6.07, 6.45) is 0.167. The highest BCUT2D eigenvalue weighted by Crippen LogP contribution is 2.25. The van der Waals surface area contributed by atoms with Gasteiger partial charge in [0.2, 0.25) is 11.7 Å². The summed E-state index contributed by atoms with van der Waals surface area (Å²) in [6.45, 7) is 1.70. The number of amides is 1. The highest BCUT2D eigenvalue weighted by atomic mass is 19.2. The van der Waals surface area contributed by atoms with Crippen molar-refractivity contribution in [3.8, 4) is 5.75 Å². The monoisotopic (exact) mass is 240 g/mol. The maximum atomic E-state index is 13.6. The van der Waals surface area contributed by atoms with Gasteiger partial charge < -0.3 is 5.11 Å². The summed E-state index contributed by atoms with van der Waals surface area (Å²) in [7, 11) is 0. The second-order valence-corrected chi connectivity index (χ2v) is 3.90. The van der Waals surface area contributed by atoms with Crippen molar-refractivity contribution in [2.45, 2.75) is 13.3 Å². The molecule has 1 heterocycles. The van der Waals surface area contributed by atoms with Crippen LogP contribution in [0.4, 0.5) is 8.78 Å². The fourth-order valence-electron chi connectivity index (χ4n) is 1.72. The molecule has 4 nitrogen and oxygen atoms in total. The highest BCUT2D eigenvalue weighted by molar-refractivity contribution is 6.05. The Bertz CT molecular complexity index is 514. The Kier molecular flexibility index (Phi) is 2.79. The fourth-order valence-corrected chi connectivity index (χ4v) is 1.72.